The molecule has 28 heavy (non-hydrogen) atoms. The number of hydrogen-bond donors (Lipinski definition) is 2. The maximum absolute atomic E-state index is 11.7. The standard InChI is InChI=1S/C19H32N4O3S.HI/c1-4-20-19(21-11-6-13-23(3)27(24,25)5-2)22-12-9-16-7-8-18-17(15-16)10-14-26-18;/h7-8,15H,4-6,9-14H2,1-3H3,(H2,20,21,22);1H. The summed E-state index contributed by atoms with van der Waals surface area (Å²) in [5, 5.41) is 6.57. The molecule has 1 aliphatic heterocycles. The molecule has 0 unspecified atom stereocenters. The van der Waals surface area contributed by atoms with Crippen LogP contribution in [-0.2, 0) is 22.9 Å². The zero-order chi connectivity index (χ0) is 19.7. The van der Waals surface area contributed by atoms with E-state index in [0.29, 0.717) is 19.5 Å². The van der Waals surface area contributed by atoms with Gasteiger partial charge in [-0.3, -0.25) is 4.99 Å². The largest absolute Gasteiger partial charge is 0.493 e. The quantitative estimate of drug-likeness (QED) is 0.212. The predicted molar refractivity (Wildman–Crippen MR) is 125 cm³/mol. The first kappa shape index (κ1) is 25.0. The molecule has 1 aromatic carbocycles. The molecule has 0 aliphatic carbocycles. The highest BCUT2D eigenvalue weighted by Crippen LogP contribution is 2.25. The number of nitrogens with one attached hydrogen (secondary N) is 2. The molecule has 0 spiro atoms. The van der Waals surface area contributed by atoms with Crippen LogP contribution >= 0.6 is 24.0 Å². The van der Waals surface area contributed by atoms with Crippen LogP contribution in [0, 0.1) is 0 Å². The van der Waals surface area contributed by atoms with Gasteiger partial charge in [0.15, 0.2) is 5.96 Å². The van der Waals surface area contributed by atoms with Crippen molar-refractivity contribution >= 4 is 40.0 Å². The van der Waals surface area contributed by atoms with Gasteiger partial charge in [0.2, 0.25) is 10.0 Å². The number of ether oxygens (including phenoxy) is 1. The second-order valence-corrected chi connectivity index (χ2v) is 8.92. The summed E-state index contributed by atoms with van der Waals surface area (Å²) in [4.78, 5) is 4.54. The highest BCUT2D eigenvalue weighted by atomic mass is 127. The summed E-state index contributed by atoms with van der Waals surface area (Å²) in [7, 11) is -1.50. The van der Waals surface area contributed by atoms with Crippen molar-refractivity contribution < 1.29 is 13.2 Å². The Labute approximate surface area is 186 Å². The van der Waals surface area contributed by atoms with E-state index >= 15 is 0 Å². The fourth-order valence-electron chi connectivity index (χ4n) is 2.91. The molecule has 2 rings (SSSR count). The molecule has 0 saturated heterocycles. The number of nitrogens with zero attached hydrogens (tertiary/aromatic N) is 2. The van der Waals surface area contributed by atoms with Gasteiger partial charge in [-0.1, -0.05) is 12.1 Å². The number of sulfonamides is 1. The summed E-state index contributed by atoms with van der Waals surface area (Å²) in [6.45, 7) is 7.10. The normalized spacial score (nSPS) is 13.6. The van der Waals surface area contributed by atoms with Crippen LogP contribution in [-0.4, -0.2) is 64.3 Å². The molecule has 9 heteroatoms. The number of fused-ring (bicyclic) bond motifs is 1. The molecule has 0 amide bonds. The zero-order valence-corrected chi connectivity index (χ0v) is 20.2. The first-order valence-electron chi connectivity index (χ1n) is 9.67. The van der Waals surface area contributed by atoms with Crippen LogP contribution in [0.4, 0.5) is 0 Å². The van der Waals surface area contributed by atoms with Crippen LogP contribution in [0.5, 0.6) is 5.75 Å². The van der Waals surface area contributed by atoms with E-state index in [2.05, 4.69) is 33.8 Å². The molecular weight excluding hydrogens is 491 g/mol. The van der Waals surface area contributed by atoms with Crippen LogP contribution in [0.25, 0.3) is 0 Å². The monoisotopic (exact) mass is 524 g/mol. The number of hydrogen-bond acceptors (Lipinski definition) is 4. The number of rotatable bonds is 10. The molecule has 7 nitrogen and oxygen atoms in total. The topological polar surface area (TPSA) is 83.0 Å². The van der Waals surface area contributed by atoms with Crippen molar-refractivity contribution in [3.05, 3.63) is 29.3 Å². The van der Waals surface area contributed by atoms with Crippen molar-refractivity contribution in [2.75, 3.05) is 45.6 Å². The predicted octanol–water partition coefficient (Wildman–Crippen LogP) is 2.01. The van der Waals surface area contributed by atoms with Gasteiger partial charge in [0.05, 0.1) is 12.4 Å². The van der Waals surface area contributed by atoms with Crippen molar-refractivity contribution in [2.45, 2.75) is 33.1 Å². The fourth-order valence-corrected chi connectivity index (χ4v) is 3.75. The zero-order valence-electron chi connectivity index (χ0n) is 17.0. The number of halogens is 1. The van der Waals surface area contributed by atoms with Crippen molar-refractivity contribution in [1.82, 2.24) is 14.9 Å². The van der Waals surface area contributed by atoms with Crippen LogP contribution in [0.2, 0.25) is 0 Å². The van der Waals surface area contributed by atoms with Gasteiger partial charge >= 0.3 is 0 Å². The molecule has 1 aromatic rings. The van der Waals surface area contributed by atoms with Crippen molar-refractivity contribution in [3.8, 4) is 5.75 Å². The summed E-state index contributed by atoms with van der Waals surface area (Å²) in [6, 6.07) is 6.38. The van der Waals surface area contributed by atoms with Gasteiger partial charge in [-0.25, -0.2) is 12.7 Å². The third kappa shape index (κ3) is 7.75. The van der Waals surface area contributed by atoms with Gasteiger partial charge in [-0.05, 0) is 43.9 Å². The molecule has 0 fully saturated rings. The van der Waals surface area contributed by atoms with Gasteiger partial charge in [0.25, 0.3) is 0 Å². The average molecular weight is 524 g/mol. The van der Waals surface area contributed by atoms with Crippen molar-refractivity contribution in [1.29, 1.82) is 0 Å². The van der Waals surface area contributed by atoms with E-state index in [4.69, 9.17) is 4.74 Å². The van der Waals surface area contributed by atoms with Crippen LogP contribution in [0.15, 0.2) is 23.2 Å². The van der Waals surface area contributed by atoms with Gasteiger partial charge in [-0.15, -0.1) is 24.0 Å². The summed E-state index contributed by atoms with van der Waals surface area (Å²) in [6.07, 6.45) is 2.59. The Bertz CT molecular complexity index is 741. The number of aliphatic imine (C=N–C) groups is 1. The second kappa shape index (κ2) is 12.5. The molecule has 0 bridgehead atoms. The van der Waals surface area contributed by atoms with Gasteiger partial charge in [-0.2, -0.15) is 0 Å². The lowest BCUT2D eigenvalue weighted by molar-refractivity contribution is 0.357. The van der Waals surface area contributed by atoms with E-state index < -0.39 is 10.0 Å². The van der Waals surface area contributed by atoms with E-state index in [9.17, 15) is 8.42 Å². The molecule has 1 aliphatic rings. The Morgan fingerprint density at radius 3 is 2.79 bits per heavy atom. The van der Waals surface area contributed by atoms with Crippen LogP contribution < -0.4 is 15.4 Å². The Morgan fingerprint density at radius 1 is 1.29 bits per heavy atom. The van der Waals surface area contributed by atoms with E-state index in [1.807, 2.05) is 6.92 Å². The lowest BCUT2D eigenvalue weighted by atomic mass is 10.1. The first-order valence-corrected chi connectivity index (χ1v) is 11.3. The smallest absolute Gasteiger partial charge is 0.213 e. The summed E-state index contributed by atoms with van der Waals surface area (Å²) < 4.78 is 30.4. The van der Waals surface area contributed by atoms with Gasteiger partial charge in [0, 0.05) is 39.6 Å². The Balaban J connectivity index is 0.00000392. The Hall–Kier alpha value is -1.07. The lowest BCUT2D eigenvalue weighted by Gasteiger charge is -2.15. The minimum atomic E-state index is -3.11. The van der Waals surface area contributed by atoms with Gasteiger partial charge in [0.1, 0.15) is 5.75 Å². The van der Waals surface area contributed by atoms with E-state index in [0.717, 1.165) is 44.2 Å². The maximum atomic E-state index is 11.7. The molecule has 2 N–H and O–H groups in total. The maximum Gasteiger partial charge on any atom is 0.213 e. The van der Waals surface area contributed by atoms with Gasteiger partial charge < -0.3 is 15.4 Å². The Morgan fingerprint density at radius 2 is 2.07 bits per heavy atom. The molecule has 0 atom stereocenters. The first-order chi connectivity index (χ1) is 13.0. The van der Waals surface area contributed by atoms with Crippen LogP contribution in [0.1, 0.15) is 31.4 Å². The average Bonchev–Trinajstić information content (AvgIpc) is 3.12. The van der Waals surface area contributed by atoms with E-state index in [1.54, 1.807) is 14.0 Å². The fraction of sp³-hybridized carbons (Fsp3) is 0.632. The SMILES string of the molecule is CCNC(=NCCCN(C)S(=O)(=O)CC)NCCc1ccc2c(c1)CCO2.I. The molecule has 1 heterocycles. The third-order valence-corrected chi connectivity index (χ3v) is 6.41. The van der Waals surface area contributed by atoms with E-state index in [-0.39, 0.29) is 29.7 Å². The third-order valence-electron chi connectivity index (χ3n) is 4.54. The van der Waals surface area contributed by atoms with Crippen molar-refractivity contribution in [2.24, 2.45) is 4.99 Å². The number of benzene rings is 1. The molecule has 0 saturated carbocycles. The van der Waals surface area contributed by atoms with Crippen molar-refractivity contribution in [3.63, 3.8) is 0 Å². The highest BCUT2D eigenvalue weighted by Gasteiger charge is 2.14. The summed E-state index contributed by atoms with van der Waals surface area (Å²) in [5.74, 6) is 1.91. The number of guanidine groups is 1. The molecular formula is C19H33IN4O3S. The lowest BCUT2D eigenvalue weighted by Crippen LogP contribution is -2.38. The molecule has 0 radical (unpaired) electrons. The van der Waals surface area contributed by atoms with E-state index in [1.165, 1.54) is 15.4 Å². The summed E-state index contributed by atoms with van der Waals surface area (Å²) in [5.41, 5.74) is 2.58. The second-order valence-electron chi connectivity index (χ2n) is 6.55. The summed E-state index contributed by atoms with van der Waals surface area (Å²) >= 11 is 0. The Kier molecular flexibility index (Phi) is 11.1. The van der Waals surface area contributed by atoms with Crippen LogP contribution in [0.3, 0.4) is 0 Å². The molecule has 160 valence electrons. The minimum Gasteiger partial charge on any atom is -0.493 e. The highest BCUT2D eigenvalue weighted by molar-refractivity contribution is 14.0. The minimum absolute atomic E-state index is 0. The molecule has 0 aromatic heterocycles.